The lowest BCUT2D eigenvalue weighted by molar-refractivity contribution is 0.0621. The first-order valence-electron chi connectivity index (χ1n) is 4.71. The van der Waals surface area contributed by atoms with Crippen LogP contribution in [0.3, 0.4) is 0 Å². The summed E-state index contributed by atoms with van der Waals surface area (Å²) in [7, 11) is 0. The molecule has 2 heteroatoms. The van der Waals surface area contributed by atoms with E-state index in [4.69, 9.17) is 11.6 Å². The van der Waals surface area contributed by atoms with E-state index in [0.29, 0.717) is 5.92 Å². The Bertz CT molecular complexity index is 277. The van der Waals surface area contributed by atoms with Gasteiger partial charge in [0.15, 0.2) is 0 Å². The fourth-order valence-corrected chi connectivity index (χ4v) is 1.81. The number of benzene rings is 1. The van der Waals surface area contributed by atoms with E-state index in [2.05, 4.69) is 0 Å². The van der Waals surface area contributed by atoms with Crippen molar-refractivity contribution in [3.8, 4) is 0 Å². The molecule has 0 bridgehead atoms. The van der Waals surface area contributed by atoms with Crippen LogP contribution in [0.15, 0.2) is 24.3 Å². The predicted molar refractivity (Wildman–Crippen MR) is 53.8 cm³/mol. The molecule has 1 fully saturated rings. The van der Waals surface area contributed by atoms with Crippen LogP contribution in [-0.2, 0) is 0 Å². The zero-order valence-corrected chi connectivity index (χ0v) is 8.17. The van der Waals surface area contributed by atoms with Crippen LogP contribution in [-0.4, -0.2) is 5.11 Å². The highest BCUT2D eigenvalue weighted by Gasteiger charge is 2.26. The van der Waals surface area contributed by atoms with Gasteiger partial charge in [0.2, 0.25) is 0 Å². The minimum absolute atomic E-state index is 0.286. The minimum atomic E-state index is -0.286. The molecule has 0 heterocycles. The smallest absolute Gasteiger partial charge is 0.0818 e. The molecule has 1 aliphatic carbocycles. The summed E-state index contributed by atoms with van der Waals surface area (Å²) < 4.78 is 0. The standard InChI is InChI=1S/C11H13ClO/c12-10-6-4-9(5-7-10)11(13)8-2-1-3-8/h4-8,11,13H,1-3H2. The SMILES string of the molecule is OC(c1ccc(Cl)cc1)C1CCC1. The number of aliphatic hydroxyl groups is 1. The Labute approximate surface area is 83.3 Å². The van der Waals surface area contributed by atoms with E-state index in [1.165, 1.54) is 6.42 Å². The van der Waals surface area contributed by atoms with Gasteiger partial charge in [-0.2, -0.15) is 0 Å². The van der Waals surface area contributed by atoms with Gasteiger partial charge in [-0.3, -0.25) is 0 Å². The maximum atomic E-state index is 9.89. The molecule has 1 saturated carbocycles. The Kier molecular flexibility index (Phi) is 2.56. The van der Waals surface area contributed by atoms with Gasteiger partial charge in [0, 0.05) is 5.02 Å². The Morgan fingerprint density at radius 1 is 1.23 bits per heavy atom. The summed E-state index contributed by atoms with van der Waals surface area (Å²) in [6, 6.07) is 7.48. The van der Waals surface area contributed by atoms with E-state index in [9.17, 15) is 5.11 Å². The molecule has 0 aromatic heterocycles. The third-order valence-electron chi connectivity index (χ3n) is 2.81. The highest BCUT2D eigenvalue weighted by Crippen LogP contribution is 2.37. The molecule has 13 heavy (non-hydrogen) atoms. The number of hydrogen-bond donors (Lipinski definition) is 1. The monoisotopic (exact) mass is 196 g/mol. The lowest BCUT2D eigenvalue weighted by Gasteiger charge is -2.30. The molecule has 0 spiro atoms. The summed E-state index contributed by atoms with van der Waals surface area (Å²) in [4.78, 5) is 0. The third kappa shape index (κ3) is 1.87. The van der Waals surface area contributed by atoms with E-state index in [1.807, 2.05) is 24.3 Å². The summed E-state index contributed by atoms with van der Waals surface area (Å²) in [5.41, 5.74) is 0.995. The normalized spacial score (nSPS) is 19.5. The molecule has 1 aliphatic rings. The molecule has 1 unspecified atom stereocenters. The molecular weight excluding hydrogens is 184 g/mol. The molecule has 2 rings (SSSR count). The number of hydrogen-bond acceptors (Lipinski definition) is 1. The average Bonchev–Trinajstić information content (AvgIpc) is 2.02. The van der Waals surface area contributed by atoms with Crippen molar-refractivity contribution < 1.29 is 5.11 Å². The molecule has 0 aliphatic heterocycles. The van der Waals surface area contributed by atoms with Crippen LogP contribution in [0.1, 0.15) is 30.9 Å². The van der Waals surface area contributed by atoms with Crippen LogP contribution in [0.5, 0.6) is 0 Å². The molecule has 1 aromatic carbocycles. The molecule has 0 saturated heterocycles. The van der Waals surface area contributed by atoms with Crippen LogP contribution in [0, 0.1) is 5.92 Å². The number of halogens is 1. The van der Waals surface area contributed by atoms with Gasteiger partial charge in [0.1, 0.15) is 0 Å². The van der Waals surface area contributed by atoms with E-state index < -0.39 is 0 Å². The second kappa shape index (κ2) is 3.69. The van der Waals surface area contributed by atoms with Gasteiger partial charge in [0.05, 0.1) is 6.10 Å². The van der Waals surface area contributed by atoms with Gasteiger partial charge in [-0.05, 0) is 36.5 Å². The zero-order valence-electron chi connectivity index (χ0n) is 7.41. The van der Waals surface area contributed by atoms with E-state index in [1.54, 1.807) is 0 Å². The highest BCUT2D eigenvalue weighted by molar-refractivity contribution is 6.30. The Morgan fingerprint density at radius 3 is 2.31 bits per heavy atom. The minimum Gasteiger partial charge on any atom is -0.388 e. The van der Waals surface area contributed by atoms with Gasteiger partial charge in [-0.25, -0.2) is 0 Å². The fraction of sp³-hybridized carbons (Fsp3) is 0.455. The van der Waals surface area contributed by atoms with E-state index in [0.717, 1.165) is 23.4 Å². The molecule has 0 radical (unpaired) electrons. The van der Waals surface area contributed by atoms with Crippen molar-refractivity contribution in [2.24, 2.45) is 5.92 Å². The van der Waals surface area contributed by atoms with Crippen molar-refractivity contribution >= 4 is 11.6 Å². The van der Waals surface area contributed by atoms with E-state index in [-0.39, 0.29) is 6.10 Å². The average molecular weight is 197 g/mol. The van der Waals surface area contributed by atoms with Crippen molar-refractivity contribution in [1.29, 1.82) is 0 Å². The van der Waals surface area contributed by atoms with Gasteiger partial charge < -0.3 is 5.11 Å². The first kappa shape index (κ1) is 9.04. The molecule has 0 amide bonds. The first-order chi connectivity index (χ1) is 6.27. The Balaban J connectivity index is 2.10. The summed E-state index contributed by atoms with van der Waals surface area (Å²) in [6.07, 6.45) is 3.29. The molecule has 1 aromatic rings. The number of aliphatic hydroxyl groups excluding tert-OH is 1. The maximum absolute atomic E-state index is 9.89. The van der Waals surface area contributed by atoms with Gasteiger partial charge in [-0.1, -0.05) is 30.2 Å². The summed E-state index contributed by atoms with van der Waals surface area (Å²) in [5.74, 6) is 0.473. The van der Waals surface area contributed by atoms with Crippen molar-refractivity contribution in [2.45, 2.75) is 25.4 Å². The van der Waals surface area contributed by atoms with Gasteiger partial charge in [0.25, 0.3) is 0 Å². The van der Waals surface area contributed by atoms with Crippen LogP contribution in [0.4, 0.5) is 0 Å². The summed E-state index contributed by atoms with van der Waals surface area (Å²) in [6.45, 7) is 0. The Hall–Kier alpha value is -0.530. The summed E-state index contributed by atoms with van der Waals surface area (Å²) in [5, 5.41) is 10.6. The third-order valence-corrected chi connectivity index (χ3v) is 3.06. The highest BCUT2D eigenvalue weighted by atomic mass is 35.5. The van der Waals surface area contributed by atoms with Crippen molar-refractivity contribution in [2.75, 3.05) is 0 Å². The van der Waals surface area contributed by atoms with Crippen LogP contribution in [0.25, 0.3) is 0 Å². The molecule has 1 N–H and O–H groups in total. The van der Waals surface area contributed by atoms with Crippen LogP contribution in [0.2, 0.25) is 5.02 Å². The van der Waals surface area contributed by atoms with Crippen molar-refractivity contribution in [1.82, 2.24) is 0 Å². The van der Waals surface area contributed by atoms with Crippen LogP contribution < -0.4 is 0 Å². The van der Waals surface area contributed by atoms with Gasteiger partial charge >= 0.3 is 0 Å². The predicted octanol–water partition coefficient (Wildman–Crippen LogP) is 3.17. The zero-order chi connectivity index (χ0) is 9.26. The van der Waals surface area contributed by atoms with Crippen molar-refractivity contribution in [3.05, 3.63) is 34.9 Å². The fourth-order valence-electron chi connectivity index (χ4n) is 1.69. The lowest BCUT2D eigenvalue weighted by atomic mass is 9.79. The lowest BCUT2D eigenvalue weighted by Crippen LogP contribution is -2.19. The maximum Gasteiger partial charge on any atom is 0.0818 e. The summed E-state index contributed by atoms with van der Waals surface area (Å²) >= 11 is 5.76. The van der Waals surface area contributed by atoms with Crippen molar-refractivity contribution in [3.63, 3.8) is 0 Å². The van der Waals surface area contributed by atoms with Gasteiger partial charge in [-0.15, -0.1) is 0 Å². The molecule has 1 atom stereocenters. The molecule has 1 nitrogen and oxygen atoms in total. The Morgan fingerprint density at radius 2 is 1.85 bits per heavy atom. The molecular formula is C11H13ClO. The number of rotatable bonds is 2. The van der Waals surface area contributed by atoms with E-state index >= 15 is 0 Å². The second-order valence-corrected chi connectivity index (χ2v) is 4.12. The van der Waals surface area contributed by atoms with Crippen LogP contribution >= 0.6 is 11.6 Å². The topological polar surface area (TPSA) is 20.2 Å². The largest absolute Gasteiger partial charge is 0.388 e. The second-order valence-electron chi connectivity index (χ2n) is 3.69. The quantitative estimate of drug-likeness (QED) is 0.771. The first-order valence-corrected chi connectivity index (χ1v) is 5.09. The molecule has 70 valence electrons.